The van der Waals surface area contributed by atoms with Gasteiger partial charge in [-0.25, -0.2) is 14.4 Å². The van der Waals surface area contributed by atoms with Crippen molar-refractivity contribution in [2.75, 3.05) is 18.0 Å². The molecule has 118 valence electrons. The van der Waals surface area contributed by atoms with Gasteiger partial charge in [-0.05, 0) is 29.7 Å². The number of hydrogen-bond acceptors (Lipinski definition) is 4. The summed E-state index contributed by atoms with van der Waals surface area (Å²) in [5.41, 5.74) is 7.35. The number of halogens is 1. The van der Waals surface area contributed by atoms with E-state index in [0.29, 0.717) is 6.54 Å². The number of nitrogens with zero attached hydrogens (tertiary/aromatic N) is 4. The number of imidazole rings is 1. The lowest BCUT2D eigenvalue weighted by Crippen LogP contribution is -2.29. The van der Waals surface area contributed by atoms with Crippen LogP contribution in [0.1, 0.15) is 11.6 Å². The van der Waals surface area contributed by atoms with Gasteiger partial charge in [-0.2, -0.15) is 0 Å². The van der Waals surface area contributed by atoms with Crippen LogP contribution in [0.2, 0.25) is 0 Å². The minimum atomic E-state index is -0.237. The molecule has 6 heteroatoms. The maximum Gasteiger partial charge on any atom is 0.136 e. The molecule has 1 aliphatic heterocycles. The van der Waals surface area contributed by atoms with E-state index in [1.165, 1.54) is 12.1 Å². The van der Waals surface area contributed by atoms with Crippen molar-refractivity contribution in [3.8, 4) is 0 Å². The molecule has 2 atom stereocenters. The summed E-state index contributed by atoms with van der Waals surface area (Å²) in [7, 11) is 1.95. The van der Waals surface area contributed by atoms with Gasteiger partial charge in [0.05, 0.1) is 12.0 Å². The van der Waals surface area contributed by atoms with Gasteiger partial charge in [-0.3, -0.25) is 0 Å². The molecule has 2 aromatic heterocycles. The summed E-state index contributed by atoms with van der Waals surface area (Å²) >= 11 is 0. The van der Waals surface area contributed by atoms with Crippen molar-refractivity contribution in [2.24, 2.45) is 12.8 Å². The summed E-state index contributed by atoms with van der Waals surface area (Å²) in [5, 5.41) is 1.80. The van der Waals surface area contributed by atoms with Gasteiger partial charge in [0.15, 0.2) is 0 Å². The number of aromatic nitrogens is 3. The molecule has 1 saturated heterocycles. The van der Waals surface area contributed by atoms with Gasteiger partial charge >= 0.3 is 0 Å². The Labute approximate surface area is 133 Å². The molecule has 5 nitrogen and oxygen atoms in total. The first-order valence-electron chi connectivity index (χ1n) is 7.64. The van der Waals surface area contributed by atoms with E-state index in [-0.39, 0.29) is 17.8 Å². The number of aryl methyl sites for hydroxylation is 1. The fraction of sp³-hybridized carbons (Fsp3) is 0.294. The maximum absolute atomic E-state index is 13.4. The van der Waals surface area contributed by atoms with Crippen LogP contribution >= 0.6 is 0 Å². The lowest BCUT2D eigenvalue weighted by Gasteiger charge is -2.19. The zero-order chi connectivity index (χ0) is 16.0. The van der Waals surface area contributed by atoms with Gasteiger partial charge in [-0.15, -0.1) is 0 Å². The normalized spacial score (nSPS) is 21.3. The van der Waals surface area contributed by atoms with Crippen LogP contribution in [0.3, 0.4) is 0 Å². The highest BCUT2D eigenvalue weighted by Gasteiger charge is 2.34. The number of hydrogen-bond donors (Lipinski definition) is 1. The lowest BCUT2D eigenvalue weighted by molar-refractivity contribution is 0.629. The van der Waals surface area contributed by atoms with Gasteiger partial charge in [0.1, 0.15) is 11.6 Å². The molecule has 0 spiro atoms. The zero-order valence-corrected chi connectivity index (χ0v) is 12.9. The van der Waals surface area contributed by atoms with Gasteiger partial charge in [0, 0.05) is 49.9 Å². The first kappa shape index (κ1) is 14.1. The van der Waals surface area contributed by atoms with Crippen LogP contribution in [0.4, 0.5) is 10.2 Å². The molecule has 2 N–H and O–H groups in total. The third-order valence-corrected chi connectivity index (χ3v) is 4.47. The van der Waals surface area contributed by atoms with Crippen LogP contribution < -0.4 is 10.6 Å². The van der Waals surface area contributed by atoms with E-state index in [0.717, 1.165) is 28.8 Å². The number of pyridine rings is 1. The van der Waals surface area contributed by atoms with E-state index in [4.69, 9.17) is 5.73 Å². The van der Waals surface area contributed by atoms with Gasteiger partial charge in [0.2, 0.25) is 0 Å². The van der Waals surface area contributed by atoms with Crippen LogP contribution in [0.25, 0.3) is 10.8 Å². The number of nitrogens with two attached hydrogens (primary N) is 1. The van der Waals surface area contributed by atoms with E-state index in [1.54, 1.807) is 18.6 Å². The third-order valence-electron chi connectivity index (χ3n) is 4.47. The molecule has 0 bridgehead atoms. The Morgan fingerprint density at radius 1 is 1.22 bits per heavy atom. The Bertz CT molecular complexity index is 859. The molecular formula is C17H18FN5. The lowest BCUT2D eigenvalue weighted by atomic mass is 10.0. The van der Waals surface area contributed by atoms with E-state index in [2.05, 4.69) is 14.9 Å². The number of fused-ring (bicyclic) bond motifs is 1. The van der Waals surface area contributed by atoms with Gasteiger partial charge < -0.3 is 15.2 Å². The molecule has 0 aliphatic carbocycles. The van der Waals surface area contributed by atoms with Gasteiger partial charge in [0.25, 0.3) is 0 Å². The molecule has 3 aromatic rings. The van der Waals surface area contributed by atoms with Crippen LogP contribution in [0, 0.1) is 5.82 Å². The Morgan fingerprint density at radius 2 is 2.09 bits per heavy atom. The summed E-state index contributed by atoms with van der Waals surface area (Å²) in [6.07, 6.45) is 5.53. The van der Waals surface area contributed by atoms with Crippen LogP contribution in [0.5, 0.6) is 0 Å². The molecule has 0 radical (unpaired) electrons. The van der Waals surface area contributed by atoms with Crippen molar-refractivity contribution in [3.63, 3.8) is 0 Å². The van der Waals surface area contributed by atoms with E-state index >= 15 is 0 Å². The third kappa shape index (κ3) is 2.45. The minimum absolute atomic E-state index is 0.00223. The monoisotopic (exact) mass is 311 g/mol. The highest BCUT2D eigenvalue weighted by Crippen LogP contribution is 2.32. The molecule has 1 aliphatic rings. The summed E-state index contributed by atoms with van der Waals surface area (Å²) in [5.74, 6) is 0.796. The first-order valence-corrected chi connectivity index (χ1v) is 7.64. The summed E-state index contributed by atoms with van der Waals surface area (Å²) in [6.45, 7) is 1.48. The predicted molar refractivity (Wildman–Crippen MR) is 87.8 cm³/mol. The molecule has 1 fully saturated rings. The number of anilines is 1. The van der Waals surface area contributed by atoms with Crippen molar-refractivity contribution in [2.45, 2.75) is 12.0 Å². The second kappa shape index (κ2) is 5.31. The van der Waals surface area contributed by atoms with Crippen molar-refractivity contribution in [3.05, 3.63) is 54.5 Å². The number of benzene rings is 1. The Morgan fingerprint density at radius 3 is 2.87 bits per heavy atom. The van der Waals surface area contributed by atoms with Crippen molar-refractivity contribution in [1.82, 2.24) is 14.5 Å². The fourth-order valence-electron chi connectivity index (χ4n) is 3.32. The van der Waals surface area contributed by atoms with Crippen LogP contribution in [-0.2, 0) is 7.05 Å². The molecule has 0 saturated carbocycles. The summed E-state index contributed by atoms with van der Waals surface area (Å²) in [6, 6.07) is 6.62. The smallest absolute Gasteiger partial charge is 0.136 e. The average Bonchev–Trinajstić information content (AvgIpc) is 3.12. The largest absolute Gasteiger partial charge is 0.354 e. The van der Waals surface area contributed by atoms with E-state index in [1.807, 2.05) is 23.9 Å². The standard InChI is InChI=1S/C17H18FN5/c1-22-9-16(21-10-22)14-7-23(8-15(14)19)17-13-3-2-12(18)6-11(13)4-5-20-17/h2-6,9-10,14-15H,7-8,19H2,1H3/t14-,15-/m1/s1. The Hall–Kier alpha value is -2.47. The van der Waals surface area contributed by atoms with Crippen molar-refractivity contribution >= 4 is 16.6 Å². The fourth-order valence-corrected chi connectivity index (χ4v) is 3.32. The average molecular weight is 311 g/mol. The van der Waals surface area contributed by atoms with Crippen molar-refractivity contribution < 1.29 is 4.39 Å². The maximum atomic E-state index is 13.4. The Kier molecular flexibility index (Phi) is 3.27. The van der Waals surface area contributed by atoms with E-state index in [9.17, 15) is 4.39 Å². The quantitative estimate of drug-likeness (QED) is 0.787. The minimum Gasteiger partial charge on any atom is -0.354 e. The Balaban J connectivity index is 1.69. The van der Waals surface area contributed by atoms with Crippen molar-refractivity contribution in [1.29, 1.82) is 0 Å². The number of rotatable bonds is 2. The summed E-state index contributed by atoms with van der Waals surface area (Å²) < 4.78 is 15.4. The zero-order valence-electron chi connectivity index (χ0n) is 12.9. The molecule has 0 amide bonds. The molecule has 4 rings (SSSR count). The first-order chi connectivity index (χ1) is 11.1. The molecule has 0 unspecified atom stereocenters. The molecule has 1 aromatic carbocycles. The van der Waals surface area contributed by atoms with Crippen LogP contribution in [-0.4, -0.2) is 33.7 Å². The SMILES string of the molecule is Cn1cnc([C@@H]2CN(c3nccc4cc(F)ccc34)C[C@H]2N)c1. The molecule has 23 heavy (non-hydrogen) atoms. The molecular weight excluding hydrogens is 293 g/mol. The predicted octanol–water partition coefficient (Wildman–Crippen LogP) is 2.04. The van der Waals surface area contributed by atoms with E-state index < -0.39 is 0 Å². The topological polar surface area (TPSA) is 60.0 Å². The summed E-state index contributed by atoms with van der Waals surface area (Å²) in [4.78, 5) is 11.1. The highest BCUT2D eigenvalue weighted by atomic mass is 19.1. The highest BCUT2D eigenvalue weighted by molar-refractivity contribution is 5.92. The van der Waals surface area contributed by atoms with Gasteiger partial charge in [-0.1, -0.05) is 0 Å². The second-order valence-electron chi connectivity index (χ2n) is 6.14. The second-order valence-corrected chi connectivity index (χ2v) is 6.14. The molecule has 3 heterocycles. The van der Waals surface area contributed by atoms with Crippen LogP contribution in [0.15, 0.2) is 43.0 Å².